The standard InChI is InChI=1S/C19H19ClN2O7S/c1-30(26,27)16-8-12(7-14(10-16)22(24)25)19(23)21-17-9-13(20)4-5-18(17)29-11-15-3-2-6-28-15/h4-5,7-10,15H,2-3,6,11H2,1H3,(H,21,23). The Morgan fingerprint density at radius 1 is 1.33 bits per heavy atom. The van der Waals surface area contributed by atoms with Gasteiger partial charge in [0.2, 0.25) is 0 Å². The van der Waals surface area contributed by atoms with Gasteiger partial charge in [-0.15, -0.1) is 0 Å². The number of sulfone groups is 1. The highest BCUT2D eigenvalue weighted by atomic mass is 35.5. The monoisotopic (exact) mass is 454 g/mol. The lowest BCUT2D eigenvalue weighted by Crippen LogP contribution is -2.18. The van der Waals surface area contributed by atoms with Gasteiger partial charge >= 0.3 is 0 Å². The Balaban J connectivity index is 1.87. The van der Waals surface area contributed by atoms with E-state index in [2.05, 4.69) is 5.32 Å². The Hall–Kier alpha value is -2.69. The maximum Gasteiger partial charge on any atom is 0.271 e. The van der Waals surface area contributed by atoms with E-state index in [0.717, 1.165) is 37.3 Å². The van der Waals surface area contributed by atoms with Gasteiger partial charge in [-0.05, 0) is 37.1 Å². The number of rotatable bonds is 7. The summed E-state index contributed by atoms with van der Waals surface area (Å²) in [6.07, 6.45) is 2.69. The topological polar surface area (TPSA) is 125 Å². The summed E-state index contributed by atoms with van der Waals surface area (Å²) < 4.78 is 35.0. The molecular formula is C19H19ClN2O7S. The van der Waals surface area contributed by atoms with E-state index in [0.29, 0.717) is 24.0 Å². The number of nitrogens with one attached hydrogen (secondary N) is 1. The van der Waals surface area contributed by atoms with Gasteiger partial charge in [-0.1, -0.05) is 11.6 Å². The quantitative estimate of drug-likeness (QED) is 0.501. The molecule has 0 saturated carbocycles. The molecule has 160 valence electrons. The fourth-order valence-electron chi connectivity index (χ4n) is 2.91. The van der Waals surface area contributed by atoms with Crippen molar-refractivity contribution in [3.8, 4) is 5.75 Å². The van der Waals surface area contributed by atoms with E-state index in [4.69, 9.17) is 21.1 Å². The lowest BCUT2D eigenvalue weighted by atomic mass is 10.1. The van der Waals surface area contributed by atoms with E-state index in [1.165, 1.54) is 6.07 Å². The number of anilines is 1. The van der Waals surface area contributed by atoms with Crippen LogP contribution in [0.15, 0.2) is 41.3 Å². The third kappa shape index (κ3) is 5.47. The van der Waals surface area contributed by atoms with E-state index >= 15 is 0 Å². The number of carbonyl (C=O) groups excluding carboxylic acids is 1. The number of nitrogens with zero attached hydrogens (tertiary/aromatic N) is 1. The number of hydrogen-bond donors (Lipinski definition) is 1. The highest BCUT2D eigenvalue weighted by Gasteiger charge is 2.21. The lowest BCUT2D eigenvalue weighted by molar-refractivity contribution is -0.385. The minimum atomic E-state index is -3.76. The third-order valence-corrected chi connectivity index (χ3v) is 5.76. The molecular weight excluding hydrogens is 436 g/mol. The first-order valence-corrected chi connectivity index (χ1v) is 11.3. The summed E-state index contributed by atoms with van der Waals surface area (Å²) in [6, 6.07) is 7.64. The van der Waals surface area contributed by atoms with Gasteiger partial charge in [0, 0.05) is 35.6 Å². The summed E-state index contributed by atoms with van der Waals surface area (Å²) in [5.74, 6) is -0.398. The number of benzene rings is 2. The molecule has 11 heteroatoms. The van der Waals surface area contributed by atoms with Crippen LogP contribution in [0.3, 0.4) is 0 Å². The number of amides is 1. The molecule has 9 nitrogen and oxygen atoms in total. The average molecular weight is 455 g/mol. The van der Waals surface area contributed by atoms with Crippen LogP contribution in [0.4, 0.5) is 11.4 Å². The van der Waals surface area contributed by atoms with Gasteiger partial charge in [0.15, 0.2) is 9.84 Å². The van der Waals surface area contributed by atoms with Crippen molar-refractivity contribution in [2.24, 2.45) is 0 Å². The van der Waals surface area contributed by atoms with Crippen molar-refractivity contribution in [2.75, 3.05) is 24.8 Å². The van der Waals surface area contributed by atoms with Crippen LogP contribution in [0.5, 0.6) is 5.75 Å². The SMILES string of the molecule is CS(=O)(=O)c1cc(C(=O)Nc2cc(Cl)ccc2OCC2CCCO2)cc([N+](=O)[O-])c1. The first kappa shape index (κ1) is 22.0. The fourth-order valence-corrected chi connectivity index (χ4v) is 3.76. The number of carbonyl (C=O) groups is 1. The fraction of sp³-hybridized carbons (Fsp3) is 0.316. The molecule has 1 unspecified atom stereocenters. The van der Waals surface area contributed by atoms with Crippen molar-refractivity contribution in [1.29, 1.82) is 0 Å². The number of halogens is 1. The van der Waals surface area contributed by atoms with Crippen molar-refractivity contribution in [3.05, 3.63) is 57.1 Å². The Morgan fingerprint density at radius 3 is 2.73 bits per heavy atom. The molecule has 3 rings (SSSR count). The molecule has 0 bridgehead atoms. The van der Waals surface area contributed by atoms with Gasteiger partial charge in [0.1, 0.15) is 12.4 Å². The van der Waals surface area contributed by atoms with Crippen LogP contribution >= 0.6 is 11.6 Å². The van der Waals surface area contributed by atoms with Gasteiger partial charge in [0.05, 0.1) is 21.6 Å². The molecule has 1 aliphatic rings. The van der Waals surface area contributed by atoms with Crippen molar-refractivity contribution >= 4 is 38.7 Å². The van der Waals surface area contributed by atoms with Crippen LogP contribution in [0.1, 0.15) is 23.2 Å². The molecule has 1 atom stereocenters. The maximum atomic E-state index is 12.7. The zero-order chi connectivity index (χ0) is 21.9. The van der Waals surface area contributed by atoms with Crippen molar-refractivity contribution in [3.63, 3.8) is 0 Å². The molecule has 1 amide bonds. The van der Waals surface area contributed by atoms with Crippen LogP contribution in [0, 0.1) is 10.1 Å². The van der Waals surface area contributed by atoms with E-state index in [1.807, 2.05) is 0 Å². The minimum Gasteiger partial charge on any atom is -0.489 e. The van der Waals surface area contributed by atoms with E-state index < -0.39 is 26.4 Å². The lowest BCUT2D eigenvalue weighted by Gasteiger charge is -2.15. The summed E-state index contributed by atoms with van der Waals surface area (Å²) in [5.41, 5.74) is -0.448. The van der Waals surface area contributed by atoms with Crippen molar-refractivity contribution in [2.45, 2.75) is 23.8 Å². The minimum absolute atomic E-state index is 0.0432. The van der Waals surface area contributed by atoms with Gasteiger partial charge < -0.3 is 14.8 Å². The number of nitro groups is 1. The van der Waals surface area contributed by atoms with Crippen LogP contribution in [-0.4, -0.2) is 44.8 Å². The Labute approximate surface area is 178 Å². The summed E-state index contributed by atoms with van der Waals surface area (Å²) in [7, 11) is -3.76. The summed E-state index contributed by atoms with van der Waals surface area (Å²) in [5, 5.41) is 14.1. The highest BCUT2D eigenvalue weighted by molar-refractivity contribution is 7.90. The molecule has 2 aromatic rings. The smallest absolute Gasteiger partial charge is 0.271 e. The normalized spacial score (nSPS) is 16.3. The Kier molecular flexibility index (Phi) is 6.59. The molecule has 1 N–H and O–H groups in total. The zero-order valence-electron chi connectivity index (χ0n) is 16.0. The highest BCUT2D eigenvalue weighted by Crippen LogP contribution is 2.30. The molecule has 1 heterocycles. The second-order valence-electron chi connectivity index (χ2n) is 6.79. The van der Waals surface area contributed by atoms with E-state index in [1.54, 1.807) is 12.1 Å². The van der Waals surface area contributed by atoms with Crippen molar-refractivity contribution < 1.29 is 27.6 Å². The third-order valence-electron chi connectivity index (χ3n) is 4.43. The van der Waals surface area contributed by atoms with Gasteiger partial charge in [0.25, 0.3) is 11.6 Å². The van der Waals surface area contributed by atoms with Gasteiger partial charge in [-0.3, -0.25) is 14.9 Å². The molecule has 1 aliphatic heterocycles. The maximum absolute atomic E-state index is 12.7. The Morgan fingerprint density at radius 2 is 2.10 bits per heavy atom. The molecule has 0 spiro atoms. The van der Waals surface area contributed by atoms with E-state index in [9.17, 15) is 23.3 Å². The molecule has 1 saturated heterocycles. The number of non-ortho nitro benzene ring substituents is 1. The second-order valence-corrected chi connectivity index (χ2v) is 9.24. The average Bonchev–Trinajstić information content (AvgIpc) is 3.20. The predicted octanol–water partition coefficient (Wildman–Crippen LogP) is 3.46. The van der Waals surface area contributed by atoms with Gasteiger partial charge in [-0.2, -0.15) is 0 Å². The van der Waals surface area contributed by atoms with Crippen molar-refractivity contribution in [1.82, 2.24) is 0 Å². The van der Waals surface area contributed by atoms with Crippen LogP contribution in [0.2, 0.25) is 5.02 Å². The predicted molar refractivity (Wildman–Crippen MR) is 110 cm³/mol. The first-order chi connectivity index (χ1) is 14.1. The first-order valence-electron chi connectivity index (χ1n) is 8.98. The number of nitro benzene ring substituents is 1. The molecule has 1 fully saturated rings. The van der Waals surface area contributed by atoms with Crippen LogP contribution in [-0.2, 0) is 14.6 Å². The number of ether oxygens (including phenoxy) is 2. The molecule has 0 aliphatic carbocycles. The zero-order valence-corrected chi connectivity index (χ0v) is 17.5. The van der Waals surface area contributed by atoms with Crippen LogP contribution < -0.4 is 10.1 Å². The van der Waals surface area contributed by atoms with Crippen LogP contribution in [0.25, 0.3) is 0 Å². The van der Waals surface area contributed by atoms with E-state index in [-0.39, 0.29) is 22.3 Å². The van der Waals surface area contributed by atoms with Gasteiger partial charge in [-0.25, -0.2) is 8.42 Å². The molecule has 30 heavy (non-hydrogen) atoms. The molecule has 0 aromatic heterocycles. The molecule has 2 aromatic carbocycles. The number of hydrogen-bond acceptors (Lipinski definition) is 7. The largest absolute Gasteiger partial charge is 0.489 e. The summed E-state index contributed by atoms with van der Waals surface area (Å²) in [6.45, 7) is 0.966. The second kappa shape index (κ2) is 8.99. The Bertz CT molecular complexity index is 1080. The summed E-state index contributed by atoms with van der Waals surface area (Å²) in [4.78, 5) is 22.8. The summed E-state index contributed by atoms with van der Waals surface area (Å²) >= 11 is 6.03. The molecule has 0 radical (unpaired) electrons.